The summed E-state index contributed by atoms with van der Waals surface area (Å²) in [5.41, 5.74) is 1.42. The molecule has 1 fully saturated rings. The molecule has 0 atom stereocenters. The number of amides is 2. The van der Waals surface area contributed by atoms with E-state index in [0.29, 0.717) is 53.4 Å². The monoisotopic (exact) mass is 446 g/mol. The van der Waals surface area contributed by atoms with Crippen LogP contribution in [0.4, 0.5) is 20.9 Å². The molecule has 0 aliphatic carbocycles. The molecule has 1 aliphatic heterocycles. The Labute approximate surface area is 180 Å². The van der Waals surface area contributed by atoms with Crippen molar-refractivity contribution in [3.63, 3.8) is 0 Å². The van der Waals surface area contributed by atoms with Crippen molar-refractivity contribution in [2.45, 2.75) is 6.42 Å². The van der Waals surface area contributed by atoms with E-state index in [-0.39, 0.29) is 24.1 Å². The van der Waals surface area contributed by atoms with Crippen molar-refractivity contribution in [2.24, 2.45) is 0 Å². The van der Waals surface area contributed by atoms with Crippen LogP contribution in [0.15, 0.2) is 41.1 Å². The van der Waals surface area contributed by atoms with E-state index >= 15 is 0 Å². The molecule has 0 spiro atoms. The highest BCUT2D eigenvalue weighted by Gasteiger charge is 2.16. The molecule has 7 nitrogen and oxygen atoms in total. The van der Waals surface area contributed by atoms with Crippen LogP contribution in [0.2, 0.25) is 0 Å². The summed E-state index contributed by atoms with van der Waals surface area (Å²) in [5, 5.41) is 9.37. The lowest BCUT2D eigenvalue weighted by molar-refractivity contribution is -0.115. The lowest BCUT2D eigenvalue weighted by Crippen LogP contribution is -2.36. The fourth-order valence-electron chi connectivity index (χ4n) is 3.03. The van der Waals surface area contributed by atoms with Gasteiger partial charge in [-0.25, -0.2) is 9.37 Å². The van der Waals surface area contributed by atoms with Gasteiger partial charge in [0.05, 0.1) is 35.9 Å². The molecular formula is C20H19FN4O3S2. The molecule has 3 heterocycles. The van der Waals surface area contributed by atoms with Crippen molar-refractivity contribution in [1.29, 1.82) is 0 Å². The highest BCUT2D eigenvalue weighted by Crippen LogP contribution is 2.24. The van der Waals surface area contributed by atoms with Gasteiger partial charge < -0.3 is 15.0 Å². The summed E-state index contributed by atoms with van der Waals surface area (Å²) in [6, 6.07) is 8.19. The first-order chi connectivity index (χ1) is 14.6. The van der Waals surface area contributed by atoms with Crippen molar-refractivity contribution >= 4 is 51.0 Å². The number of ether oxygens (including phenoxy) is 1. The van der Waals surface area contributed by atoms with Gasteiger partial charge >= 0.3 is 0 Å². The van der Waals surface area contributed by atoms with Gasteiger partial charge in [-0.1, -0.05) is 6.07 Å². The predicted octanol–water partition coefficient (Wildman–Crippen LogP) is 3.61. The van der Waals surface area contributed by atoms with Crippen LogP contribution >= 0.6 is 22.7 Å². The number of thiophene rings is 1. The minimum absolute atomic E-state index is 0.0260. The van der Waals surface area contributed by atoms with Gasteiger partial charge in [0.25, 0.3) is 5.91 Å². The number of anilines is 3. The van der Waals surface area contributed by atoms with Crippen LogP contribution in [-0.4, -0.2) is 43.1 Å². The number of halogens is 1. The van der Waals surface area contributed by atoms with Crippen LogP contribution in [0.25, 0.3) is 0 Å². The summed E-state index contributed by atoms with van der Waals surface area (Å²) in [6.07, 6.45) is 0.0260. The second-order valence-corrected chi connectivity index (χ2v) is 8.37. The quantitative estimate of drug-likeness (QED) is 0.604. The molecule has 156 valence electrons. The van der Waals surface area contributed by atoms with Gasteiger partial charge in [0.1, 0.15) is 5.82 Å². The lowest BCUT2D eigenvalue weighted by Gasteiger charge is -2.29. The maximum Gasteiger partial charge on any atom is 0.267 e. The van der Waals surface area contributed by atoms with Gasteiger partial charge in [-0.3, -0.25) is 14.9 Å². The Kier molecular flexibility index (Phi) is 6.36. The normalized spacial score (nSPS) is 13.8. The Morgan fingerprint density at radius 1 is 1.17 bits per heavy atom. The van der Waals surface area contributed by atoms with Crippen molar-refractivity contribution < 1.29 is 18.7 Å². The second-order valence-electron chi connectivity index (χ2n) is 6.57. The van der Waals surface area contributed by atoms with Crippen LogP contribution in [0.5, 0.6) is 0 Å². The summed E-state index contributed by atoms with van der Waals surface area (Å²) in [4.78, 5) is 31.2. The number of aromatic nitrogens is 1. The molecule has 0 saturated carbocycles. The Hall–Kier alpha value is -2.82. The van der Waals surface area contributed by atoms with Crippen LogP contribution < -0.4 is 15.5 Å². The molecule has 1 aromatic carbocycles. The number of thiazole rings is 1. The molecule has 1 aliphatic rings. The SMILES string of the molecule is O=C(Cc1csc(NC(=O)c2cccs2)n1)Nc1ccc(N2CCOCC2)c(F)c1. The standard InChI is InChI=1S/C20H19FN4O3S2/c21-15-10-13(3-4-16(15)25-5-7-28-8-6-25)22-18(26)11-14-12-30-20(23-14)24-19(27)17-2-1-9-29-17/h1-4,9-10,12H,5-8,11H2,(H,22,26)(H,23,24,27). The molecule has 30 heavy (non-hydrogen) atoms. The number of nitrogens with one attached hydrogen (secondary N) is 2. The molecule has 4 rings (SSSR count). The van der Waals surface area contributed by atoms with E-state index in [0.717, 1.165) is 0 Å². The van der Waals surface area contributed by atoms with Gasteiger partial charge in [0, 0.05) is 24.2 Å². The van der Waals surface area contributed by atoms with Crippen LogP contribution in [-0.2, 0) is 16.0 Å². The minimum Gasteiger partial charge on any atom is -0.378 e. The first-order valence-electron chi connectivity index (χ1n) is 9.30. The first-order valence-corrected chi connectivity index (χ1v) is 11.1. The molecule has 2 amide bonds. The highest BCUT2D eigenvalue weighted by atomic mass is 32.1. The maximum absolute atomic E-state index is 14.5. The van der Waals surface area contributed by atoms with E-state index in [1.165, 1.54) is 28.7 Å². The smallest absolute Gasteiger partial charge is 0.267 e. The number of benzene rings is 1. The predicted molar refractivity (Wildman–Crippen MR) is 116 cm³/mol. The average Bonchev–Trinajstić information content (AvgIpc) is 3.41. The summed E-state index contributed by atoms with van der Waals surface area (Å²) >= 11 is 2.59. The van der Waals surface area contributed by atoms with Gasteiger partial charge in [-0.05, 0) is 29.6 Å². The zero-order valence-corrected chi connectivity index (χ0v) is 17.5. The van der Waals surface area contributed by atoms with Gasteiger partial charge in [-0.15, -0.1) is 22.7 Å². The van der Waals surface area contributed by atoms with Crippen molar-refractivity contribution in [3.8, 4) is 0 Å². The van der Waals surface area contributed by atoms with E-state index in [4.69, 9.17) is 4.74 Å². The maximum atomic E-state index is 14.5. The highest BCUT2D eigenvalue weighted by molar-refractivity contribution is 7.14. The fourth-order valence-corrected chi connectivity index (χ4v) is 4.35. The number of carbonyl (C=O) groups excluding carboxylic acids is 2. The molecule has 1 saturated heterocycles. The Morgan fingerprint density at radius 3 is 2.73 bits per heavy atom. The molecule has 10 heteroatoms. The zero-order valence-electron chi connectivity index (χ0n) is 15.9. The van der Waals surface area contributed by atoms with Gasteiger partial charge in [0.15, 0.2) is 5.13 Å². The minimum atomic E-state index is -0.387. The largest absolute Gasteiger partial charge is 0.378 e. The number of nitrogens with zero attached hydrogens (tertiary/aromatic N) is 2. The second kappa shape index (κ2) is 9.33. The van der Waals surface area contributed by atoms with E-state index in [1.54, 1.807) is 29.6 Å². The third-order valence-electron chi connectivity index (χ3n) is 4.44. The third-order valence-corrected chi connectivity index (χ3v) is 6.12. The topological polar surface area (TPSA) is 83.6 Å². The molecule has 0 unspecified atom stereocenters. The van der Waals surface area contributed by atoms with Gasteiger partial charge in [-0.2, -0.15) is 0 Å². The van der Waals surface area contributed by atoms with E-state index in [2.05, 4.69) is 15.6 Å². The number of carbonyl (C=O) groups is 2. The lowest BCUT2D eigenvalue weighted by atomic mass is 10.2. The number of hydrogen-bond acceptors (Lipinski definition) is 7. The number of morpholine rings is 1. The molecule has 0 bridgehead atoms. The summed E-state index contributed by atoms with van der Waals surface area (Å²) < 4.78 is 19.8. The summed E-state index contributed by atoms with van der Waals surface area (Å²) in [6.45, 7) is 2.41. The van der Waals surface area contributed by atoms with Crippen LogP contribution in [0, 0.1) is 5.82 Å². The van der Waals surface area contributed by atoms with E-state index in [1.807, 2.05) is 10.3 Å². The summed E-state index contributed by atoms with van der Waals surface area (Å²) in [7, 11) is 0. The molecular weight excluding hydrogens is 427 g/mol. The Balaban J connectivity index is 1.33. The molecule has 2 N–H and O–H groups in total. The van der Waals surface area contributed by atoms with Crippen molar-refractivity contribution in [1.82, 2.24) is 4.98 Å². The number of hydrogen-bond donors (Lipinski definition) is 2. The first kappa shape index (κ1) is 20.5. The average molecular weight is 447 g/mol. The fraction of sp³-hybridized carbons (Fsp3) is 0.250. The van der Waals surface area contributed by atoms with E-state index < -0.39 is 0 Å². The Bertz CT molecular complexity index is 1030. The zero-order chi connectivity index (χ0) is 20.9. The van der Waals surface area contributed by atoms with Crippen molar-refractivity contribution in [2.75, 3.05) is 41.8 Å². The van der Waals surface area contributed by atoms with E-state index in [9.17, 15) is 14.0 Å². The number of rotatable bonds is 6. The van der Waals surface area contributed by atoms with Crippen LogP contribution in [0.1, 0.15) is 15.4 Å². The third kappa shape index (κ3) is 5.02. The Morgan fingerprint density at radius 2 is 2.00 bits per heavy atom. The molecule has 2 aromatic heterocycles. The molecule has 0 radical (unpaired) electrons. The van der Waals surface area contributed by atoms with Gasteiger partial charge in [0.2, 0.25) is 5.91 Å². The molecule has 3 aromatic rings. The summed E-state index contributed by atoms with van der Waals surface area (Å²) in [5.74, 6) is -0.928. The van der Waals surface area contributed by atoms with Crippen LogP contribution in [0.3, 0.4) is 0 Å². The van der Waals surface area contributed by atoms with Crippen molar-refractivity contribution in [3.05, 3.63) is 57.5 Å².